The molecule has 0 amide bonds. The second kappa shape index (κ2) is 3.95. The standard InChI is InChI=1S/C15H20O3/c1-7-4-5-10-8(2)15(17)18-14(10)13-9(3)12(16)6-11(7)13/h8,10-14,16H,1,3-6H2,2H3/t8-,10+,11-,12+,13+,14+/m1/s1. The zero-order chi connectivity index (χ0) is 13.0. The number of allylic oxidation sites excluding steroid dienone is 1. The third-order valence-electron chi connectivity index (χ3n) is 5.13. The second-order valence-corrected chi connectivity index (χ2v) is 6.01. The Hall–Kier alpha value is -1.09. The summed E-state index contributed by atoms with van der Waals surface area (Å²) in [6, 6.07) is 0. The molecule has 3 rings (SSSR count). The van der Waals surface area contributed by atoms with Gasteiger partial charge in [0.1, 0.15) is 6.10 Å². The first-order valence-corrected chi connectivity index (χ1v) is 6.75. The van der Waals surface area contributed by atoms with E-state index >= 15 is 0 Å². The van der Waals surface area contributed by atoms with Crippen molar-refractivity contribution in [3.8, 4) is 0 Å². The maximum Gasteiger partial charge on any atom is 0.309 e. The fraction of sp³-hybridized carbons (Fsp3) is 0.667. The molecule has 98 valence electrons. The summed E-state index contributed by atoms with van der Waals surface area (Å²) in [5, 5.41) is 10.0. The lowest BCUT2D eigenvalue weighted by Crippen LogP contribution is -2.29. The summed E-state index contributed by atoms with van der Waals surface area (Å²) >= 11 is 0. The number of fused-ring (bicyclic) bond motifs is 3. The Labute approximate surface area is 108 Å². The van der Waals surface area contributed by atoms with E-state index in [1.54, 1.807) is 0 Å². The average molecular weight is 248 g/mol. The van der Waals surface area contributed by atoms with E-state index in [2.05, 4.69) is 13.2 Å². The van der Waals surface area contributed by atoms with E-state index in [9.17, 15) is 9.90 Å². The summed E-state index contributed by atoms with van der Waals surface area (Å²) in [6.07, 6.45) is 2.03. The number of carbonyl (C=O) groups excluding carboxylic acids is 1. The van der Waals surface area contributed by atoms with E-state index in [4.69, 9.17) is 4.74 Å². The molecule has 0 aromatic carbocycles. The maximum atomic E-state index is 11.8. The minimum Gasteiger partial charge on any atom is -0.461 e. The van der Waals surface area contributed by atoms with E-state index in [1.165, 1.54) is 5.57 Å². The van der Waals surface area contributed by atoms with Crippen LogP contribution >= 0.6 is 0 Å². The minimum atomic E-state index is -0.467. The first-order valence-electron chi connectivity index (χ1n) is 6.75. The van der Waals surface area contributed by atoms with Crippen LogP contribution in [-0.4, -0.2) is 23.3 Å². The molecule has 6 atom stereocenters. The first-order chi connectivity index (χ1) is 8.50. The predicted molar refractivity (Wildman–Crippen MR) is 67.7 cm³/mol. The SMILES string of the molecule is C=C1CC[C@@H]2[C@H](OC(=O)[C@@H]2C)[C@H]2C(=C)[C@@H](O)C[C@H]12. The molecule has 0 radical (unpaired) electrons. The lowest BCUT2D eigenvalue weighted by atomic mass is 9.80. The van der Waals surface area contributed by atoms with Crippen LogP contribution in [0, 0.1) is 23.7 Å². The summed E-state index contributed by atoms with van der Waals surface area (Å²) in [4.78, 5) is 11.8. The summed E-state index contributed by atoms with van der Waals surface area (Å²) in [6.45, 7) is 10.1. The van der Waals surface area contributed by atoms with Crippen LogP contribution in [0.5, 0.6) is 0 Å². The zero-order valence-electron chi connectivity index (χ0n) is 10.8. The number of ether oxygens (including phenoxy) is 1. The van der Waals surface area contributed by atoms with Crippen molar-refractivity contribution in [3.63, 3.8) is 0 Å². The van der Waals surface area contributed by atoms with Crippen molar-refractivity contribution >= 4 is 5.97 Å². The Balaban J connectivity index is 1.98. The van der Waals surface area contributed by atoms with E-state index < -0.39 is 6.10 Å². The molecule has 0 unspecified atom stereocenters. The number of aliphatic hydroxyl groups excluding tert-OH is 1. The predicted octanol–water partition coefficient (Wildman–Crippen LogP) is 2.07. The third kappa shape index (κ3) is 1.50. The Morgan fingerprint density at radius 1 is 1.39 bits per heavy atom. The maximum absolute atomic E-state index is 11.8. The van der Waals surface area contributed by atoms with Crippen molar-refractivity contribution in [2.75, 3.05) is 0 Å². The Morgan fingerprint density at radius 2 is 2.11 bits per heavy atom. The van der Waals surface area contributed by atoms with Crippen LogP contribution in [0.15, 0.2) is 24.3 Å². The van der Waals surface area contributed by atoms with Gasteiger partial charge < -0.3 is 9.84 Å². The van der Waals surface area contributed by atoms with Crippen molar-refractivity contribution in [2.24, 2.45) is 23.7 Å². The van der Waals surface area contributed by atoms with E-state index in [0.717, 1.165) is 18.4 Å². The van der Waals surface area contributed by atoms with E-state index in [0.29, 0.717) is 6.42 Å². The highest BCUT2D eigenvalue weighted by atomic mass is 16.6. The van der Waals surface area contributed by atoms with Crippen LogP contribution < -0.4 is 0 Å². The molecule has 18 heavy (non-hydrogen) atoms. The van der Waals surface area contributed by atoms with Crippen molar-refractivity contribution < 1.29 is 14.6 Å². The van der Waals surface area contributed by atoms with Crippen molar-refractivity contribution in [1.29, 1.82) is 0 Å². The van der Waals surface area contributed by atoms with Crippen LogP contribution in [0.2, 0.25) is 0 Å². The van der Waals surface area contributed by atoms with Gasteiger partial charge in [-0.3, -0.25) is 4.79 Å². The fourth-order valence-corrected chi connectivity index (χ4v) is 3.96. The van der Waals surface area contributed by atoms with Gasteiger partial charge in [0, 0.05) is 11.8 Å². The second-order valence-electron chi connectivity index (χ2n) is 6.01. The van der Waals surface area contributed by atoms with E-state index in [1.807, 2.05) is 6.92 Å². The molecule has 0 aromatic rings. The van der Waals surface area contributed by atoms with Gasteiger partial charge in [-0.15, -0.1) is 0 Å². The molecule has 0 bridgehead atoms. The minimum absolute atomic E-state index is 0.0351. The van der Waals surface area contributed by atoms with Crippen LogP contribution in [0.4, 0.5) is 0 Å². The fourth-order valence-electron chi connectivity index (χ4n) is 3.96. The van der Waals surface area contributed by atoms with Gasteiger partial charge >= 0.3 is 5.97 Å². The molecule has 1 aliphatic heterocycles. The average Bonchev–Trinajstić information content (AvgIpc) is 2.72. The van der Waals surface area contributed by atoms with Gasteiger partial charge in [-0.05, 0) is 30.8 Å². The summed E-state index contributed by atoms with van der Waals surface area (Å²) in [7, 11) is 0. The van der Waals surface area contributed by atoms with Crippen molar-refractivity contribution in [1.82, 2.24) is 0 Å². The quantitative estimate of drug-likeness (QED) is 0.527. The molecule has 2 saturated carbocycles. The molecule has 1 saturated heterocycles. The first kappa shape index (κ1) is 12.0. The molecule has 3 heteroatoms. The molecule has 3 nitrogen and oxygen atoms in total. The molecular weight excluding hydrogens is 228 g/mol. The molecule has 3 fully saturated rings. The monoisotopic (exact) mass is 248 g/mol. The number of carbonyl (C=O) groups is 1. The summed E-state index contributed by atoms with van der Waals surface area (Å²) < 4.78 is 5.59. The van der Waals surface area contributed by atoms with Crippen LogP contribution in [-0.2, 0) is 9.53 Å². The Bertz CT molecular complexity index is 425. The number of hydrogen-bond acceptors (Lipinski definition) is 3. The van der Waals surface area contributed by atoms with Gasteiger partial charge in [0.2, 0.25) is 0 Å². The zero-order valence-corrected chi connectivity index (χ0v) is 10.8. The largest absolute Gasteiger partial charge is 0.461 e. The molecule has 3 aliphatic rings. The smallest absolute Gasteiger partial charge is 0.309 e. The van der Waals surface area contributed by atoms with Gasteiger partial charge in [-0.25, -0.2) is 0 Å². The lowest BCUT2D eigenvalue weighted by Gasteiger charge is -2.26. The molecule has 0 spiro atoms. The number of esters is 1. The van der Waals surface area contributed by atoms with Crippen LogP contribution in [0.25, 0.3) is 0 Å². The lowest BCUT2D eigenvalue weighted by molar-refractivity contribution is -0.145. The normalized spacial score (nSPS) is 47.6. The number of rotatable bonds is 0. The Morgan fingerprint density at radius 3 is 2.83 bits per heavy atom. The van der Waals surface area contributed by atoms with Crippen LogP contribution in [0.3, 0.4) is 0 Å². The summed E-state index contributed by atoms with van der Waals surface area (Å²) in [5.41, 5.74) is 2.02. The van der Waals surface area contributed by atoms with Gasteiger partial charge in [0.15, 0.2) is 0 Å². The highest BCUT2D eigenvalue weighted by Crippen LogP contribution is 2.52. The van der Waals surface area contributed by atoms with Crippen LogP contribution in [0.1, 0.15) is 26.2 Å². The highest BCUT2D eigenvalue weighted by Gasteiger charge is 2.53. The van der Waals surface area contributed by atoms with Gasteiger partial charge in [0.05, 0.1) is 12.0 Å². The molecule has 2 aliphatic carbocycles. The van der Waals surface area contributed by atoms with E-state index in [-0.39, 0.29) is 35.7 Å². The van der Waals surface area contributed by atoms with Gasteiger partial charge in [-0.2, -0.15) is 0 Å². The molecule has 1 heterocycles. The number of aliphatic hydroxyl groups is 1. The van der Waals surface area contributed by atoms with Gasteiger partial charge in [0.25, 0.3) is 0 Å². The molecule has 0 aromatic heterocycles. The topological polar surface area (TPSA) is 46.5 Å². The number of hydrogen-bond donors (Lipinski definition) is 1. The highest BCUT2D eigenvalue weighted by molar-refractivity contribution is 5.75. The van der Waals surface area contributed by atoms with Crippen molar-refractivity contribution in [3.05, 3.63) is 24.3 Å². The van der Waals surface area contributed by atoms with Crippen molar-refractivity contribution in [2.45, 2.75) is 38.4 Å². The Kier molecular flexibility index (Phi) is 2.63. The summed E-state index contributed by atoms with van der Waals surface area (Å²) in [5.74, 6) is 0.443. The van der Waals surface area contributed by atoms with Gasteiger partial charge in [-0.1, -0.05) is 25.7 Å². The third-order valence-corrected chi connectivity index (χ3v) is 5.13. The molecular formula is C15H20O3. The molecule has 1 N–H and O–H groups in total.